The Hall–Kier alpha value is -0.820. The van der Waals surface area contributed by atoms with E-state index in [4.69, 9.17) is 0 Å². The molecule has 0 heterocycles. The van der Waals surface area contributed by atoms with Crippen molar-refractivity contribution in [3.8, 4) is 0 Å². The van der Waals surface area contributed by atoms with Gasteiger partial charge < -0.3 is 5.32 Å². The molecule has 16 heavy (non-hydrogen) atoms. The van der Waals surface area contributed by atoms with Crippen molar-refractivity contribution >= 4 is 0 Å². The lowest BCUT2D eigenvalue weighted by atomic mass is 9.88. The molecule has 1 N–H and O–H groups in total. The lowest BCUT2D eigenvalue weighted by Crippen LogP contribution is -2.10. The highest BCUT2D eigenvalue weighted by atomic mass is 14.8. The average molecular weight is 217 g/mol. The van der Waals surface area contributed by atoms with Crippen molar-refractivity contribution < 1.29 is 0 Å². The molecule has 0 amide bonds. The predicted molar refractivity (Wildman–Crippen MR) is 69.6 cm³/mol. The van der Waals surface area contributed by atoms with Gasteiger partial charge in [0.05, 0.1) is 0 Å². The van der Waals surface area contributed by atoms with Gasteiger partial charge in [0.15, 0.2) is 0 Å². The molecule has 1 aromatic rings. The van der Waals surface area contributed by atoms with Crippen molar-refractivity contribution in [1.82, 2.24) is 5.32 Å². The number of hydrogen-bond donors (Lipinski definition) is 1. The Morgan fingerprint density at radius 1 is 1.06 bits per heavy atom. The van der Waals surface area contributed by atoms with E-state index in [1.54, 1.807) is 5.56 Å². The van der Waals surface area contributed by atoms with Gasteiger partial charge in [-0.3, -0.25) is 0 Å². The summed E-state index contributed by atoms with van der Waals surface area (Å²) in [5.74, 6) is 0.812. The fourth-order valence-electron chi connectivity index (χ4n) is 2.87. The lowest BCUT2D eigenvalue weighted by Gasteiger charge is -2.18. The Bertz CT molecular complexity index is 311. The highest BCUT2D eigenvalue weighted by Crippen LogP contribution is 2.33. The Labute approximate surface area is 99.3 Å². The largest absolute Gasteiger partial charge is 0.316 e. The van der Waals surface area contributed by atoms with E-state index in [-0.39, 0.29) is 0 Å². The fraction of sp³-hybridized carbons (Fsp3) is 0.600. The number of nitrogens with one attached hydrogen (secondary N) is 1. The average Bonchev–Trinajstić information content (AvgIpc) is 2.59. The summed E-state index contributed by atoms with van der Waals surface area (Å²) in [7, 11) is 2.03. The van der Waals surface area contributed by atoms with Crippen LogP contribution in [0.15, 0.2) is 24.3 Å². The minimum atomic E-state index is 0.812. The number of rotatable bonds is 3. The summed E-state index contributed by atoms with van der Waals surface area (Å²) < 4.78 is 0. The molecule has 0 unspecified atom stereocenters. The second-order valence-corrected chi connectivity index (χ2v) is 4.92. The van der Waals surface area contributed by atoms with Gasteiger partial charge in [-0.05, 0) is 36.9 Å². The fourth-order valence-corrected chi connectivity index (χ4v) is 2.87. The first kappa shape index (κ1) is 11.7. The van der Waals surface area contributed by atoms with Crippen LogP contribution in [0.25, 0.3) is 0 Å². The Kier molecular flexibility index (Phi) is 4.41. The molecule has 1 aliphatic rings. The van der Waals surface area contributed by atoms with Crippen LogP contribution in [0.3, 0.4) is 0 Å². The third-order valence-corrected chi connectivity index (χ3v) is 3.72. The molecule has 0 aromatic heterocycles. The highest BCUT2D eigenvalue weighted by Gasteiger charge is 2.16. The zero-order chi connectivity index (χ0) is 11.2. The third kappa shape index (κ3) is 2.85. The van der Waals surface area contributed by atoms with E-state index < -0.39 is 0 Å². The first-order valence-corrected chi connectivity index (χ1v) is 6.64. The molecule has 0 saturated heterocycles. The van der Waals surface area contributed by atoms with Crippen LogP contribution in [0.5, 0.6) is 0 Å². The summed E-state index contributed by atoms with van der Waals surface area (Å²) in [6.07, 6.45) is 8.48. The first-order valence-electron chi connectivity index (χ1n) is 6.64. The normalized spacial score (nSPS) is 18.3. The minimum absolute atomic E-state index is 0.812. The van der Waals surface area contributed by atoms with Crippen LogP contribution in [0.4, 0.5) is 0 Å². The lowest BCUT2D eigenvalue weighted by molar-refractivity contribution is 0.584. The van der Waals surface area contributed by atoms with Gasteiger partial charge in [0, 0.05) is 6.54 Å². The first-order chi connectivity index (χ1) is 7.92. The monoisotopic (exact) mass is 217 g/mol. The summed E-state index contributed by atoms with van der Waals surface area (Å²) in [6.45, 7) is 1.01. The van der Waals surface area contributed by atoms with Crippen molar-refractivity contribution in [2.45, 2.75) is 51.0 Å². The van der Waals surface area contributed by atoms with Crippen molar-refractivity contribution in [3.63, 3.8) is 0 Å². The van der Waals surface area contributed by atoms with E-state index in [1.807, 2.05) is 7.05 Å². The molecule has 88 valence electrons. The molecule has 0 radical (unpaired) electrons. The van der Waals surface area contributed by atoms with Crippen LogP contribution >= 0.6 is 0 Å². The second-order valence-electron chi connectivity index (χ2n) is 4.92. The molecular weight excluding hydrogens is 194 g/mol. The van der Waals surface area contributed by atoms with Crippen molar-refractivity contribution in [2.24, 2.45) is 0 Å². The van der Waals surface area contributed by atoms with Crippen LogP contribution in [0.2, 0.25) is 0 Å². The molecule has 0 atom stereocenters. The van der Waals surface area contributed by atoms with Gasteiger partial charge >= 0.3 is 0 Å². The van der Waals surface area contributed by atoms with Crippen LogP contribution in [-0.2, 0) is 6.54 Å². The Morgan fingerprint density at radius 3 is 2.44 bits per heavy atom. The third-order valence-electron chi connectivity index (χ3n) is 3.72. The quantitative estimate of drug-likeness (QED) is 0.758. The van der Waals surface area contributed by atoms with Gasteiger partial charge in [0.25, 0.3) is 0 Å². The standard InChI is InChI=1S/C15H23N/c1-16-12-14-10-6-7-11-15(14)13-8-4-2-3-5-9-13/h6-7,10-11,13,16H,2-5,8-9,12H2,1H3. The summed E-state index contributed by atoms with van der Waals surface area (Å²) in [6, 6.07) is 8.96. The molecule has 0 bridgehead atoms. The number of hydrogen-bond acceptors (Lipinski definition) is 1. The predicted octanol–water partition coefficient (Wildman–Crippen LogP) is 3.84. The zero-order valence-corrected chi connectivity index (χ0v) is 10.3. The van der Waals surface area contributed by atoms with Gasteiger partial charge in [-0.25, -0.2) is 0 Å². The maximum atomic E-state index is 3.28. The zero-order valence-electron chi connectivity index (χ0n) is 10.3. The molecule has 1 fully saturated rings. The molecule has 1 aromatic carbocycles. The Morgan fingerprint density at radius 2 is 1.75 bits per heavy atom. The molecule has 1 nitrogen and oxygen atoms in total. The van der Waals surface area contributed by atoms with Crippen LogP contribution in [0, 0.1) is 0 Å². The van der Waals surface area contributed by atoms with Gasteiger partial charge in [0.2, 0.25) is 0 Å². The summed E-state index contributed by atoms with van der Waals surface area (Å²) in [5, 5.41) is 3.28. The van der Waals surface area contributed by atoms with E-state index in [1.165, 1.54) is 44.1 Å². The smallest absolute Gasteiger partial charge is 0.0205 e. The molecule has 1 heteroatoms. The van der Waals surface area contributed by atoms with Crippen LogP contribution < -0.4 is 5.32 Å². The Balaban J connectivity index is 2.16. The number of benzene rings is 1. The molecule has 0 spiro atoms. The molecule has 2 rings (SSSR count). The molecular formula is C15H23N. The van der Waals surface area contributed by atoms with E-state index in [0.29, 0.717) is 0 Å². The van der Waals surface area contributed by atoms with E-state index in [9.17, 15) is 0 Å². The SMILES string of the molecule is CNCc1ccccc1C1CCCCCC1. The molecule has 1 saturated carbocycles. The van der Waals surface area contributed by atoms with Crippen molar-refractivity contribution in [2.75, 3.05) is 7.05 Å². The highest BCUT2D eigenvalue weighted by molar-refractivity contribution is 5.30. The maximum absolute atomic E-state index is 3.28. The summed E-state index contributed by atoms with van der Waals surface area (Å²) in [5.41, 5.74) is 3.09. The topological polar surface area (TPSA) is 12.0 Å². The van der Waals surface area contributed by atoms with Gasteiger partial charge in [-0.2, -0.15) is 0 Å². The van der Waals surface area contributed by atoms with Gasteiger partial charge in [-0.1, -0.05) is 49.9 Å². The van der Waals surface area contributed by atoms with E-state index in [0.717, 1.165) is 12.5 Å². The summed E-state index contributed by atoms with van der Waals surface area (Å²) in [4.78, 5) is 0. The van der Waals surface area contributed by atoms with Crippen LogP contribution in [0.1, 0.15) is 55.6 Å². The molecule has 1 aliphatic carbocycles. The molecule has 0 aliphatic heterocycles. The van der Waals surface area contributed by atoms with E-state index in [2.05, 4.69) is 29.6 Å². The van der Waals surface area contributed by atoms with Crippen LogP contribution in [-0.4, -0.2) is 7.05 Å². The second kappa shape index (κ2) is 6.05. The van der Waals surface area contributed by atoms with Gasteiger partial charge in [-0.15, -0.1) is 0 Å². The van der Waals surface area contributed by atoms with Crippen molar-refractivity contribution in [1.29, 1.82) is 0 Å². The minimum Gasteiger partial charge on any atom is -0.316 e. The van der Waals surface area contributed by atoms with Gasteiger partial charge in [0.1, 0.15) is 0 Å². The van der Waals surface area contributed by atoms with Crippen molar-refractivity contribution in [3.05, 3.63) is 35.4 Å². The summed E-state index contributed by atoms with van der Waals surface area (Å²) >= 11 is 0. The maximum Gasteiger partial charge on any atom is 0.0205 e. The van der Waals surface area contributed by atoms with E-state index >= 15 is 0 Å².